The predicted molar refractivity (Wildman–Crippen MR) is 128 cm³/mol. The average molecular weight is 434 g/mol. The van der Waals surface area contributed by atoms with Gasteiger partial charge in [-0.3, -0.25) is 4.79 Å². The third-order valence-corrected chi connectivity index (χ3v) is 4.86. The topological polar surface area (TPSA) is 56.8 Å². The minimum atomic E-state index is -0.163. The van der Waals surface area contributed by atoms with Gasteiger partial charge in [0.1, 0.15) is 30.5 Å². The normalized spacial score (nSPS) is 10.4. The van der Waals surface area contributed by atoms with Gasteiger partial charge in [0.15, 0.2) is 0 Å². The van der Waals surface area contributed by atoms with E-state index < -0.39 is 0 Å². The fraction of sp³-hybridized carbons (Fsp3) is 0.296. The maximum Gasteiger partial charge on any atom is 0.255 e. The largest absolute Gasteiger partial charge is 0.494 e. The monoisotopic (exact) mass is 433 g/mol. The molecule has 0 aliphatic carbocycles. The number of benzene rings is 3. The number of hydrogen-bond acceptors (Lipinski definition) is 4. The Morgan fingerprint density at radius 1 is 0.656 bits per heavy atom. The van der Waals surface area contributed by atoms with Crippen molar-refractivity contribution in [3.63, 3.8) is 0 Å². The summed E-state index contributed by atoms with van der Waals surface area (Å²) in [4.78, 5) is 12.5. The van der Waals surface area contributed by atoms with Crippen LogP contribution in [-0.2, 0) is 0 Å². The first-order valence-corrected chi connectivity index (χ1v) is 11.2. The van der Waals surface area contributed by atoms with E-state index in [4.69, 9.17) is 14.2 Å². The number of ether oxygens (including phenoxy) is 3. The summed E-state index contributed by atoms with van der Waals surface area (Å²) in [5.74, 6) is 2.17. The number of anilines is 1. The molecule has 5 heteroatoms. The number of unbranched alkanes of at least 4 members (excludes halogenated alkanes) is 3. The Morgan fingerprint density at radius 3 is 1.84 bits per heavy atom. The SMILES string of the molecule is CCCCCCOc1ccc(C(=O)Nc2ccc(OCCOc3ccccc3)cc2)cc1. The number of nitrogens with one attached hydrogen (secondary N) is 1. The Bertz CT molecular complexity index is 924. The zero-order valence-corrected chi connectivity index (χ0v) is 18.6. The molecular weight excluding hydrogens is 402 g/mol. The summed E-state index contributed by atoms with van der Waals surface area (Å²) in [6, 6.07) is 24.2. The number of hydrogen-bond donors (Lipinski definition) is 1. The van der Waals surface area contributed by atoms with Crippen molar-refractivity contribution in [3.05, 3.63) is 84.4 Å². The van der Waals surface area contributed by atoms with Crippen molar-refractivity contribution in [1.82, 2.24) is 0 Å². The second kappa shape index (κ2) is 13.1. The molecule has 0 saturated carbocycles. The van der Waals surface area contributed by atoms with E-state index in [1.54, 1.807) is 12.1 Å². The molecule has 3 aromatic carbocycles. The van der Waals surface area contributed by atoms with Crippen molar-refractivity contribution in [2.24, 2.45) is 0 Å². The highest BCUT2D eigenvalue weighted by molar-refractivity contribution is 6.04. The van der Waals surface area contributed by atoms with E-state index in [-0.39, 0.29) is 5.91 Å². The van der Waals surface area contributed by atoms with Gasteiger partial charge in [0, 0.05) is 11.3 Å². The van der Waals surface area contributed by atoms with Gasteiger partial charge < -0.3 is 19.5 Å². The van der Waals surface area contributed by atoms with Crippen LogP contribution in [-0.4, -0.2) is 25.7 Å². The molecule has 0 unspecified atom stereocenters. The summed E-state index contributed by atoms with van der Waals surface area (Å²) in [5, 5.41) is 2.90. The number of carbonyl (C=O) groups excluding carboxylic acids is 1. The highest BCUT2D eigenvalue weighted by Crippen LogP contribution is 2.18. The maximum absolute atomic E-state index is 12.5. The standard InChI is InChI=1S/C27H31NO4/c1-2-3-4-8-19-30-25-15-11-22(12-16-25)27(29)28-23-13-17-26(18-14-23)32-21-20-31-24-9-6-5-7-10-24/h5-7,9-18H,2-4,8,19-21H2,1H3,(H,28,29). The van der Waals surface area contributed by atoms with E-state index in [1.807, 2.05) is 66.7 Å². The van der Waals surface area contributed by atoms with Gasteiger partial charge in [-0.05, 0) is 67.1 Å². The lowest BCUT2D eigenvalue weighted by molar-refractivity contribution is 0.102. The Balaban J connectivity index is 1.39. The fourth-order valence-electron chi connectivity index (χ4n) is 3.09. The summed E-state index contributed by atoms with van der Waals surface area (Å²) >= 11 is 0. The van der Waals surface area contributed by atoms with Crippen molar-refractivity contribution in [1.29, 1.82) is 0 Å². The molecular formula is C27H31NO4. The maximum atomic E-state index is 12.5. The second-order valence-electron chi connectivity index (χ2n) is 7.42. The van der Waals surface area contributed by atoms with E-state index in [0.717, 1.165) is 23.7 Å². The van der Waals surface area contributed by atoms with Gasteiger partial charge in [0.25, 0.3) is 5.91 Å². The van der Waals surface area contributed by atoms with Gasteiger partial charge in [0.2, 0.25) is 0 Å². The van der Waals surface area contributed by atoms with Crippen LogP contribution < -0.4 is 19.5 Å². The molecule has 1 N–H and O–H groups in total. The highest BCUT2D eigenvalue weighted by Gasteiger charge is 2.07. The van der Waals surface area contributed by atoms with Gasteiger partial charge in [-0.15, -0.1) is 0 Å². The van der Waals surface area contributed by atoms with Crippen molar-refractivity contribution >= 4 is 11.6 Å². The third-order valence-electron chi connectivity index (χ3n) is 4.86. The zero-order valence-electron chi connectivity index (χ0n) is 18.6. The smallest absolute Gasteiger partial charge is 0.255 e. The van der Waals surface area contributed by atoms with Crippen LogP contribution in [0, 0.1) is 0 Å². The highest BCUT2D eigenvalue weighted by atomic mass is 16.5. The number of carbonyl (C=O) groups is 1. The van der Waals surface area contributed by atoms with Crippen LogP contribution in [0.4, 0.5) is 5.69 Å². The Kier molecular flexibility index (Phi) is 9.46. The molecule has 0 bridgehead atoms. The minimum absolute atomic E-state index is 0.163. The van der Waals surface area contributed by atoms with E-state index in [0.29, 0.717) is 31.1 Å². The summed E-state index contributed by atoms with van der Waals surface area (Å²) in [6.07, 6.45) is 4.68. The molecule has 0 aromatic heterocycles. The molecule has 1 amide bonds. The molecule has 5 nitrogen and oxygen atoms in total. The van der Waals surface area contributed by atoms with Crippen LogP contribution in [0.15, 0.2) is 78.9 Å². The fourth-order valence-corrected chi connectivity index (χ4v) is 3.09. The zero-order chi connectivity index (χ0) is 22.4. The lowest BCUT2D eigenvalue weighted by Gasteiger charge is -2.10. The van der Waals surface area contributed by atoms with Crippen LogP contribution in [0.25, 0.3) is 0 Å². The van der Waals surface area contributed by atoms with Gasteiger partial charge in [-0.2, -0.15) is 0 Å². The number of para-hydroxylation sites is 1. The molecule has 0 heterocycles. The first kappa shape index (κ1) is 23.2. The summed E-state index contributed by atoms with van der Waals surface area (Å²) < 4.78 is 17.0. The lowest BCUT2D eigenvalue weighted by atomic mass is 10.2. The average Bonchev–Trinajstić information content (AvgIpc) is 2.84. The van der Waals surface area contributed by atoms with Crippen molar-refractivity contribution in [2.45, 2.75) is 32.6 Å². The van der Waals surface area contributed by atoms with Crippen LogP contribution in [0.2, 0.25) is 0 Å². The van der Waals surface area contributed by atoms with E-state index in [2.05, 4.69) is 12.2 Å². The molecule has 32 heavy (non-hydrogen) atoms. The molecule has 0 fully saturated rings. The molecule has 3 aromatic rings. The summed E-state index contributed by atoms with van der Waals surface area (Å²) in [6.45, 7) is 3.80. The molecule has 0 radical (unpaired) electrons. The molecule has 3 rings (SSSR count). The Hall–Kier alpha value is -3.47. The molecule has 0 atom stereocenters. The van der Waals surface area contributed by atoms with Crippen molar-refractivity contribution < 1.29 is 19.0 Å². The van der Waals surface area contributed by atoms with Crippen molar-refractivity contribution in [3.8, 4) is 17.2 Å². The van der Waals surface area contributed by atoms with E-state index in [1.165, 1.54) is 19.3 Å². The Labute approximate surface area is 190 Å². The van der Waals surface area contributed by atoms with Gasteiger partial charge >= 0.3 is 0 Å². The van der Waals surface area contributed by atoms with Crippen molar-refractivity contribution in [2.75, 3.05) is 25.1 Å². The van der Waals surface area contributed by atoms with E-state index >= 15 is 0 Å². The predicted octanol–water partition coefficient (Wildman–Crippen LogP) is 6.36. The first-order chi connectivity index (χ1) is 15.7. The van der Waals surface area contributed by atoms with Gasteiger partial charge in [-0.1, -0.05) is 44.4 Å². The molecule has 0 aliphatic rings. The minimum Gasteiger partial charge on any atom is -0.494 e. The molecule has 0 spiro atoms. The van der Waals surface area contributed by atoms with Crippen LogP contribution in [0.5, 0.6) is 17.2 Å². The van der Waals surface area contributed by atoms with Gasteiger partial charge in [0.05, 0.1) is 6.61 Å². The Morgan fingerprint density at radius 2 is 1.22 bits per heavy atom. The van der Waals surface area contributed by atoms with Crippen LogP contribution in [0.1, 0.15) is 43.0 Å². The number of rotatable bonds is 13. The lowest BCUT2D eigenvalue weighted by Crippen LogP contribution is -2.12. The first-order valence-electron chi connectivity index (χ1n) is 11.2. The van der Waals surface area contributed by atoms with Crippen LogP contribution >= 0.6 is 0 Å². The second-order valence-corrected chi connectivity index (χ2v) is 7.42. The van der Waals surface area contributed by atoms with Gasteiger partial charge in [-0.25, -0.2) is 0 Å². The summed E-state index contributed by atoms with van der Waals surface area (Å²) in [5.41, 5.74) is 1.29. The molecule has 0 saturated heterocycles. The van der Waals surface area contributed by atoms with E-state index in [9.17, 15) is 4.79 Å². The quantitative estimate of drug-likeness (QED) is 0.319. The summed E-state index contributed by atoms with van der Waals surface area (Å²) in [7, 11) is 0. The number of amides is 1. The van der Waals surface area contributed by atoms with Crippen LogP contribution in [0.3, 0.4) is 0 Å². The molecule has 168 valence electrons. The third kappa shape index (κ3) is 7.99. The molecule has 0 aliphatic heterocycles.